The van der Waals surface area contributed by atoms with Gasteiger partial charge in [-0.2, -0.15) is 0 Å². The largest absolute Gasteiger partial charge is 0.456 e. The molecule has 0 spiro atoms. The zero-order valence-electron chi connectivity index (χ0n) is 56.8. The summed E-state index contributed by atoms with van der Waals surface area (Å²) in [5, 5.41) is 22.5. The van der Waals surface area contributed by atoms with Crippen molar-refractivity contribution in [3.05, 3.63) is 340 Å². The number of fused-ring (bicyclic) bond motifs is 24. The Labute approximate surface area is 604 Å². The highest BCUT2D eigenvalue weighted by Crippen LogP contribution is 2.53. The van der Waals surface area contributed by atoms with Crippen molar-refractivity contribution in [2.75, 3.05) is 0 Å². The minimum atomic E-state index is 0.842. The number of rotatable bonds is 6. The third-order valence-corrected chi connectivity index (χ3v) is 22.2. The van der Waals surface area contributed by atoms with Crippen molar-refractivity contribution in [2.45, 2.75) is 0 Å². The molecule has 106 heavy (non-hydrogen) atoms. The van der Waals surface area contributed by atoms with Crippen LogP contribution in [-0.2, 0) is 0 Å². The highest BCUT2D eigenvalue weighted by atomic mass is 16.4. The summed E-state index contributed by atoms with van der Waals surface area (Å²) >= 11 is 0. The number of para-hydroxylation sites is 7. The van der Waals surface area contributed by atoms with Crippen molar-refractivity contribution in [2.24, 2.45) is 0 Å². The van der Waals surface area contributed by atoms with Gasteiger partial charge in [0.1, 0.15) is 67.0 Å². The Balaban J connectivity index is 0.000000129. The first-order valence-corrected chi connectivity index (χ1v) is 36.0. The number of hydrogen-bond donors (Lipinski definition) is 0. The van der Waals surface area contributed by atoms with Gasteiger partial charge in [-0.05, 0) is 114 Å². The van der Waals surface area contributed by atoms with Crippen LogP contribution in [0.3, 0.4) is 0 Å². The summed E-state index contributed by atoms with van der Waals surface area (Å²) in [6.45, 7) is 0. The van der Waals surface area contributed by atoms with Crippen molar-refractivity contribution in [1.82, 2.24) is 0 Å². The zero-order chi connectivity index (χ0) is 69.2. The van der Waals surface area contributed by atoms with E-state index >= 15 is 0 Å². The maximum absolute atomic E-state index is 6.93. The van der Waals surface area contributed by atoms with Gasteiger partial charge in [0.15, 0.2) is 0 Å². The predicted molar refractivity (Wildman–Crippen MR) is 439 cm³/mol. The zero-order valence-corrected chi connectivity index (χ0v) is 56.8. The normalized spacial score (nSPS) is 12.2. The summed E-state index contributed by atoms with van der Waals surface area (Å²) in [7, 11) is 0. The Morgan fingerprint density at radius 3 is 0.783 bits per heavy atom. The van der Waals surface area contributed by atoms with Crippen LogP contribution in [0.2, 0.25) is 0 Å². The lowest BCUT2D eigenvalue weighted by molar-refractivity contribution is 0.664. The van der Waals surface area contributed by atoms with E-state index in [9.17, 15) is 0 Å². The third kappa shape index (κ3) is 8.49. The maximum Gasteiger partial charge on any atom is 0.143 e. The Hall–Kier alpha value is -14.2. The number of hydrogen-bond acceptors (Lipinski definition) is 6. The first kappa shape index (κ1) is 58.4. The summed E-state index contributed by atoms with van der Waals surface area (Å²) in [5.74, 6) is 0. The maximum atomic E-state index is 6.93. The summed E-state index contributed by atoms with van der Waals surface area (Å²) in [6.07, 6.45) is 0. The lowest BCUT2D eigenvalue weighted by Gasteiger charge is -2.18. The first-order chi connectivity index (χ1) is 52.6. The summed E-state index contributed by atoms with van der Waals surface area (Å²) < 4.78 is 40.1. The van der Waals surface area contributed by atoms with Crippen LogP contribution >= 0.6 is 0 Å². The summed E-state index contributed by atoms with van der Waals surface area (Å²) in [6, 6.07) is 120. The summed E-state index contributed by atoms with van der Waals surface area (Å²) in [5.41, 5.74) is 23.9. The van der Waals surface area contributed by atoms with E-state index in [4.69, 9.17) is 26.5 Å². The molecule has 0 fully saturated rings. The van der Waals surface area contributed by atoms with E-state index in [0.29, 0.717) is 0 Å². The fourth-order valence-electron chi connectivity index (χ4n) is 17.7. The van der Waals surface area contributed by atoms with Crippen molar-refractivity contribution in [3.63, 3.8) is 0 Å². The van der Waals surface area contributed by atoms with Gasteiger partial charge >= 0.3 is 0 Å². The topological polar surface area (TPSA) is 78.8 Å². The Morgan fingerprint density at radius 2 is 0.396 bits per heavy atom. The monoisotopic (exact) mass is 1350 g/mol. The lowest BCUT2D eigenvalue weighted by Crippen LogP contribution is -1.91. The van der Waals surface area contributed by atoms with E-state index in [2.05, 4.69) is 297 Å². The van der Waals surface area contributed by atoms with Crippen LogP contribution in [-0.4, -0.2) is 0 Å². The molecule has 0 amide bonds. The van der Waals surface area contributed by atoms with Gasteiger partial charge in [0.25, 0.3) is 0 Å². The van der Waals surface area contributed by atoms with Crippen LogP contribution < -0.4 is 0 Å². The van der Waals surface area contributed by atoms with Gasteiger partial charge in [0.05, 0.1) is 0 Å². The van der Waals surface area contributed by atoms with Crippen molar-refractivity contribution < 1.29 is 26.5 Å². The number of furan rings is 6. The average molecular weight is 1350 g/mol. The van der Waals surface area contributed by atoms with Crippen molar-refractivity contribution in [3.8, 4) is 66.8 Å². The minimum Gasteiger partial charge on any atom is -0.456 e. The molecule has 24 aromatic rings. The third-order valence-electron chi connectivity index (χ3n) is 22.2. The summed E-state index contributed by atoms with van der Waals surface area (Å²) in [4.78, 5) is 0. The molecular formula is C100H56O6. The van der Waals surface area contributed by atoms with Gasteiger partial charge in [-0.25, -0.2) is 0 Å². The Kier molecular flexibility index (Phi) is 12.5. The molecule has 0 saturated heterocycles. The van der Waals surface area contributed by atoms with Gasteiger partial charge in [0.2, 0.25) is 0 Å². The van der Waals surface area contributed by atoms with E-state index in [1.807, 2.05) is 42.5 Å². The molecule has 0 N–H and O–H groups in total. The van der Waals surface area contributed by atoms with Gasteiger partial charge in [0, 0.05) is 109 Å². The molecule has 0 atom stereocenters. The van der Waals surface area contributed by atoms with Crippen LogP contribution in [0.15, 0.2) is 366 Å². The number of benzene rings is 18. The Bertz CT molecular complexity index is 7710. The molecule has 6 aromatic heterocycles. The molecule has 0 unspecified atom stereocenters. The van der Waals surface area contributed by atoms with Crippen LogP contribution in [0.25, 0.3) is 241 Å². The minimum absolute atomic E-state index is 0.842. The van der Waals surface area contributed by atoms with Crippen LogP contribution in [0.1, 0.15) is 0 Å². The standard InChI is InChI=1S/2C50H28O3/c1-2-13-29(14-3-1)30-20-10-24-39-46-42(52-48(30)39)27-28-43-47(46)40-25-12-23-38(50(40)53-43)45-34-18-6-4-16-32(34)44(33-17-5-7-19-35(33)45)37-22-11-21-36-31-15-8-9-26-41(31)51-49(36)37;1-2-12-29(13-3-1)31-19-10-21-39-47-42(52-49(31)39)26-27-43-48(47)40-22-11-20-38(50(40)53-43)46-36-17-6-4-15-34(36)45(35-16-5-7-18-37(35)46)30-24-25-33-32-14-8-9-23-41(32)51-44(33)28-30/h2*1-28H. The smallest absolute Gasteiger partial charge is 0.143 e. The molecular weight excluding hydrogens is 1300 g/mol. The van der Waals surface area contributed by atoms with Gasteiger partial charge in [-0.3, -0.25) is 0 Å². The first-order valence-electron chi connectivity index (χ1n) is 36.0. The predicted octanol–water partition coefficient (Wildman–Crippen LogP) is 29.4. The van der Waals surface area contributed by atoms with Crippen LogP contribution in [0, 0.1) is 0 Å². The van der Waals surface area contributed by atoms with E-state index < -0.39 is 0 Å². The van der Waals surface area contributed by atoms with Crippen LogP contribution in [0.5, 0.6) is 0 Å². The fourth-order valence-corrected chi connectivity index (χ4v) is 17.7. The highest BCUT2D eigenvalue weighted by molar-refractivity contribution is 6.33. The van der Waals surface area contributed by atoms with Gasteiger partial charge < -0.3 is 26.5 Å². The molecule has 18 aromatic carbocycles. The second kappa shape index (κ2) is 22.6. The molecule has 0 radical (unpaired) electrons. The Morgan fingerprint density at radius 1 is 0.132 bits per heavy atom. The van der Waals surface area contributed by atoms with Crippen molar-refractivity contribution >= 4 is 175 Å². The van der Waals surface area contributed by atoms with Gasteiger partial charge in [-0.1, -0.05) is 291 Å². The van der Waals surface area contributed by atoms with E-state index in [1.165, 1.54) is 43.4 Å². The van der Waals surface area contributed by atoms with E-state index in [1.54, 1.807) is 0 Å². The quantitative estimate of drug-likeness (QED) is 0.154. The molecule has 6 nitrogen and oxygen atoms in total. The van der Waals surface area contributed by atoms with Crippen molar-refractivity contribution in [1.29, 1.82) is 0 Å². The second-order valence-corrected chi connectivity index (χ2v) is 27.8. The second-order valence-electron chi connectivity index (χ2n) is 27.8. The van der Waals surface area contributed by atoms with Crippen LogP contribution in [0.4, 0.5) is 0 Å². The van der Waals surface area contributed by atoms with Gasteiger partial charge in [-0.15, -0.1) is 0 Å². The van der Waals surface area contributed by atoms with E-state index in [-0.39, 0.29) is 0 Å². The molecule has 6 heterocycles. The molecule has 6 heteroatoms. The molecule has 0 aliphatic heterocycles. The molecule has 0 saturated carbocycles. The molecule has 0 bridgehead atoms. The molecule has 0 aliphatic carbocycles. The SMILES string of the molecule is c1ccc(-c2cccc3c2oc2ccc4oc5c(-c6c7ccccc7c(-c7ccc8c(c7)oc7ccccc78)c7ccccc67)cccc5c4c23)cc1.c1ccc(-c2cccc3c2oc2ccc4oc5c(-c6c7ccccc7c(-c7cccc8c7oc7ccccc78)c7ccccc67)cccc5c4c23)cc1. The molecule has 0 aliphatic rings. The molecule has 24 rings (SSSR count). The average Bonchev–Trinajstić information content (AvgIpc) is 1.39. The van der Waals surface area contributed by atoms with E-state index in [0.717, 1.165) is 198 Å². The molecule has 492 valence electrons. The fraction of sp³-hybridized carbons (Fsp3) is 0. The highest BCUT2D eigenvalue weighted by Gasteiger charge is 2.27. The lowest BCUT2D eigenvalue weighted by atomic mass is 9.85.